The molecule has 0 atom stereocenters. The molecule has 2 aromatic carbocycles. The molecule has 0 fully saturated rings. The summed E-state index contributed by atoms with van der Waals surface area (Å²) in [6.45, 7) is 4.89. The van der Waals surface area contributed by atoms with Crippen molar-refractivity contribution in [2.75, 3.05) is 4.90 Å². The lowest BCUT2D eigenvalue weighted by molar-refractivity contribution is -0.117. The smallest absolute Gasteiger partial charge is 0.231 e. The zero-order chi connectivity index (χ0) is 14.3. The van der Waals surface area contributed by atoms with E-state index in [0.29, 0.717) is 13.0 Å². The minimum Gasteiger partial charge on any atom is -0.307 e. The van der Waals surface area contributed by atoms with Crippen molar-refractivity contribution in [1.29, 1.82) is 0 Å². The number of rotatable bonds is 2. The summed E-state index contributed by atoms with van der Waals surface area (Å²) in [5.41, 5.74) is 5.96. The van der Waals surface area contributed by atoms with Crippen LogP contribution in [0.15, 0.2) is 36.4 Å². The molecule has 2 aromatic rings. The van der Waals surface area contributed by atoms with Crippen LogP contribution in [0.3, 0.4) is 0 Å². The van der Waals surface area contributed by atoms with Crippen LogP contribution in [0, 0.1) is 17.4 Å². The van der Waals surface area contributed by atoms with Crippen molar-refractivity contribution in [3.8, 4) is 0 Å². The Morgan fingerprint density at radius 2 is 1.85 bits per heavy atom. The van der Waals surface area contributed by atoms with E-state index in [1.165, 1.54) is 20.3 Å². The number of carbonyl (C=O) groups is 1. The predicted molar refractivity (Wildman–Crippen MR) is 90.0 cm³/mol. The van der Waals surface area contributed by atoms with Gasteiger partial charge in [-0.25, -0.2) is 0 Å². The van der Waals surface area contributed by atoms with Crippen molar-refractivity contribution < 1.29 is 4.79 Å². The standard InChI is InChI=1S/C17H16INO/c1-11-4-3-5-12(2)15(11)10-19-16-7-6-14(18)8-13(16)9-17(19)20/h3-8H,9-10H2,1-2H3. The van der Waals surface area contributed by atoms with E-state index in [2.05, 4.69) is 72.8 Å². The summed E-state index contributed by atoms with van der Waals surface area (Å²) in [4.78, 5) is 14.2. The van der Waals surface area contributed by atoms with Gasteiger partial charge in [0.15, 0.2) is 0 Å². The molecule has 3 heteroatoms. The van der Waals surface area contributed by atoms with Gasteiger partial charge in [-0.3, -0.25) is 4.79 Å². The van der Waals surface area contributed by atoms with Crippen LogP contribution in [-0.4, -0.2) is 5.91 Å². The molecule has 1 aliphatic rings. The van der Waals surface area contributed by atoms with E-state index < -0.39 is 0 Å². The van der Waals surface area contributed by atoms with E-state index in [0.717, 1.165) is 11.3 Å². The molecular formula is C17H16INO. The van der Waals surface area contributed by atoms with Crippen LogP contribution in [-0.2, 0) is 17.8 Å². The first-order valence-electron chi connectivity index (χ1n) is 6.70. The Morgan fingerprint density at radius 3 is 2.55 bits per heavy atom. The average molecular weight is 377 g/mol. The summed E-state index contributed by atoms with van der Waals surface area (Å²) in [6.07, 6.45) is 0.525. The number of anilines is 1. The zero-order valence-corrected chi connectivity index (χ0v) is 13.8. The number of aryl methyl sites for hydroxylation is 2. The van der Waals surface area contributed by atoms with Crippen LogP contribution in [0.25, 0.3) is 0 Å². The fourth-order valence-corrected chi connectivity index (χ4v) is 3.34. The van der Waals surface area contributed by atoms with Gasteiger partial charge < -0.3 is 4.90 Å². The van der Waals surface area contributed by atoms with E-state index in [1.54, 1.807) is 0 Å². The Bertz CT molecular complexity index is 673. The molecular weight excluding hydrogens is 361 g/mol. The minimum atomic E-state index is 0.199. The van der Waals surface area contributed by atoms with Crippen LogP contribution >= 0.6 is 22.6 Å². The normalized spacial score (nSPS) is 13.8. The first kappa shape index (κ1) is 13.6. The maximum Gasteiger partial charge on any atom is 0.231 e. The lowest BCUT2D eigenvalue weighted by Crippen LogP contribution is -2.26. The van der Waals surface area contributed by atoms with Crippen molar-refractivity contribution in [2.45, 2.75) is 26.8 Å². The van der Waals surface area contributed by atoms with Gasteiger partial charge in [-0.1, -0.05) is 18.2 Å². The van der Waals surface area contributed by atoms with E-state index in [9.17, 15) is 4.79 Å². The molecule has 2 nitrogen and oxygen atoms in total. The van der Waals surface area contributed by atoms with Gasteiger partial charge in [-0.15, -0.1) is 0 Å². The van der Waals surface area contributed by atoms with E-state index in [-0.39, 0.29) is 5.91 Å². The predicted octanol–water partition coefficient (Wildman–Crippen LogP) is 4.00. The van der Waals surface area contributed by atoms with Gasteiger partial charge in [0.2, 0.25) is 5.91 Å². The summed E-state index contributed by atoms with van der Waals surface area (Å²) in [5.74, 6) is 0.199. The third-order valence-electron chi connectivity index (χ3n) is 3.94. The lowest BCUT2D eigenvalue weighted by Gasteiger charge is -2.20. The highest BCUT2D eigenvalue weighted by Gasteiger charge is 2.27. The molecule has 1 aliphatic heterocycles. The number of nitrogens with zero attached hydrogens (tertiary/aromatic N) is 1. The van der Waals surface area contributed by atoms with E-state index in [4.69, 9.17) is 0 Å². The number of halogens is 1. The molecule has 1 amide bonds. The Kier molecular flexibility index (Phi) is 3.54. The van der Waals surface area contributed by atoms with Crippen molar-refractivity contribution in [2.24, 2.45) is 0 Å². The largest absolute Gasteiger partial charge is 0.307 e. The van der Waals surface area contributed by atoms with Gasteiger partial charge >= 0.3 is 0 Å². The Labute approximate surface area is 132 Å². The van der Waals surface area contributed by atoms with Gasteiger partial charge in [0.25, 0.3) is 0 Å². The van der Waals surface area contributed by atoms with Crippen molar-refractivity contribution in [1.82, 2.24) is 0 Å². The van der Waals surface area contributed by atoms with Crippen LogP contribution in [0.5, 0.6) is 0 Å². The fourth-order valence-electron chi connectivity index (χ4n) is 2.78. The molecule has 0 aromatic heterocycles. The number of benzene rings is 2. The van der Waals surface area contributed by atoms with Gasteiger partial charge in [0.05, 0.1) is 13.0 Å². The van der Waals surface area contributed by atoms with Crippen LogP contribution < -0.4 is 4.90 Å². The third-order valence-corrected chi connectivity index (χ3v) is 4.61. The molecule has 0 spiro atoms. The lowest BCUT2D eigenvalue weighted by atomic mass is 10.0. The highest BCUT2D eigenvalue weighted by Crippen LogP contribution is 2.32. The van der Waals surface area contributed by atoms with Crippen molar-refractivity contribution >= 4 is 34.2 Å². The van der Waals surface area contributed by atoms with Crippen molar-refractivity contribution in [3.05, 3.63) is 62.2 Å². The van der Waals surface area contributed by atoms with Crippen LogP contribution in [0.4, 0.5) is 5.69 Å². The molecule has 0 saturated heterocycles. The second kappa shape index (κ2) is 5.20. The van der Waals surface area contributed by atoms with Gasteiger partial charge in [-0.05, 0) is 76.9 Å². The second-order valence-electron chi connectivity index (χ2n) is 5.30. The maximum atomic E-state index is 12.3. The Balaban J connectivity index is 1.98. The van der Waals surface area contributed by atoms with E-state index in [1.807, 2.05) is 4.90 Å². The van der Waals surface area contributed by atoms with E-state index >= 15 is 0 Å². The molecule has 3 rings (SSSR count). The summed E-state index contributed by atoms with van der Waals surface area (Å²) in [7, 11) is 0. The third kappa shape index (κ3) is 2.35. The van der Waals surface area contributed by atoms with Crippen molar-refractivity contribution in [3.63, 3.8) is 0 Å². The molecule has 0 unspecified atom stereocenters. The highest BCUT2D eigenvalue weighted by molar-refractivity contribution is 14.1. The molecule has 1 heterocycles. The number of amides is 1. The summed E-state index contributed by atoms with van der Waals surface area (Å²) < 4.78 is 1.18. The number of fused-ring (bicyclic) bond motifs is 1. The summed E-state index contributed by atoms with van der Waals surface area (Å²) >= 11 is 2.29. The first-order chi connectivity index (χ1) is 9.56. The monoisotopic (exact) mass is 377 g/mol. The molecule has 0 N–H and O–H groups in total. The van der Waals surface area contributed by atoms with Gasteiger partial charge in [0, 0.05) is 9.26 Å². The molecule has 0 aliphatic carbocycles. The quantitative estimate of drug-likeness (QED) is 0.725. The van der Waals surface area contributed by atoms with Gasteiger partial charge in [-0.2, -0.15) is 0 Å². The second-order valence-corrected chi connectivity index (χ2v) is 6.55. The average Bonchev–Trinajstić information content (AvgIpc) is 2.69. The first-order valence-corrected chi connectivity index (χ1v) is 7.78. The molecule has 20 heavy (non-hydrogen) atoms. The van der Waals surface area contributed by atoms with Gasteiger partial charge in [0.1, 0.15) is 0 Å². The Morgan fingerprint density at radius 1 is 1.15 bits per heavy atom. The van der Waals surface area contributed by atoms with Crippen LogP contribution in [0.1, 0.15) is 22.3 Å². The fraction of sp³-hybridized carbons (Fsp3) is 0.235. The number of carbonyl (C=O) groups excluding carboxylic acids is 1. The molecule has 0 radical (unpaired) electrons. The Hall–Kier alpha value is -1.36. The van der Waals surface area contributed by atoms with Crippen LogP contribution in [0.2, 0.25) is 0 Å². The zero-order valence-electron chi connectivity index (χ0n) is 11.6. The molecule has 0 bridgehead atoms. The molecule has 102 valence electrons. The summed E-state index contributed by atoms with van der Waals surface area (Å²) in [5, 5.41) is 0. The molecule has 0 saturated carbocycles. The highest BCUT2D eigenvalue weighted by atomic mass is 127. The number of hydrogen-bond donors (Lipinski definition) is 0. The maximum absolute atomic E-state index is 12.3. The number of hydrogen-bond acceptors (Lipinski definition) is 1. The topological polar surface area (TPSA) is 20.3 Å². The minimum absolute atomic E-state index is 0.199. The SMILES string of the molecule is Cc1cccc(C)c1CN1C(=O)Cc2cc(I)ccc21. The summed E-state index contributed by atoms with van der Waals surface area (Å²) in [6, 6.07) is 12.5.